The van der Waals surface area contributed by atoms with Gasteiger partial charge in [-0.05, 0) is 31.6 Å². The highest BCUT2D eigenvalue weighted by molar-refractivity contribution is 7.89. The van der Waals surface area contributed by atoms with E-state index < -0.39 is 0 Å². The van der Waals surface area contributed by atoms with Crippen LogP contribution in [0.1, 0.15) is 38.5 Å². The van der Waals surface area contributed by atoms with Gasteiger partial charge in [-0.2, -0.15) is 0 Å². The van der Waals surface area contributed by atoms with Crippen molar-refractivity contribution in [2.24, 2.45) is 11.7 Å². The Morgan fingerprint density at radius 2 is 2.18 bits per heavy atom. The van der Waals surface area contributed by atoms with Crippen LogP contribution in [0.15, 0.2) is 0 Å². The minimum atomic E-state index is 0.0972. The number of unbranched alkanes of at least 4 members (excludes halogenated alkanes) is 1. The topological polar surface area (TPSA) is 55.1 Å². The molecule has 1 saturated carbocycles. The molecule has 0 bridgehead atoms. The molecule has 1 aliphatic rings. The van der Waals surface area contributed by atoms with Crippen molar-refractivity contribution in [3.63, 3.8) is 0 Å². The standard InChI is InChI=1S/C12H20N2OS2/c13-7-8-14-11(15)4-2-1-3-9-5-6-10(16)12(9)17/h9H,1-8,13H2,(H,14,15). The van der Waals surface area contributed by atoms with Crippen LogP contribution in [0.5, 0.6) is 0 Å². The highest BCUT2D eigenvalue weighted by Gasteiger charge is 2.24. The van der Waals surface area contributed by atoms with Gasteiger partial charge in [0.2, 0.25) is 5.91 Å². The predicted octanol–water partition coefficient (Wildman–Crippen LogP) is 1.77. The fourth-order valence-electron chi connectivity index (χ4n) is 2.04. The monoisotopic (exact) mass is 272 g/mol. The molecule has 1 fully saturated rings. The molecule has 1 amide bonds. The number of nitrogens with one attached hydrogen (secondary N) is 1. The molecule has 3 nitrogen and oxygen atoms in total. The number of nitrogens with two attached hydrogens (primary N) is 1. The average Bonchev–Trinajstić information content (AvgIpc) is 2.63. The molecule has 0 spiro atoms. The summed E-state index contributed by atoms with van der Waals surface area (Å²) in [5, 5.41) is 2.77. The molecule has 0 radical (unpaired) electrons. The third-order valence-corrected chi connectivity index (χ3v) is 4.17. The zero-order valence-electron chi connectivity index (χ0n) is 10.0. The Labute approximate surface area is 114 Å². The van der Waals surface area contributed by atoms with E-state index >= 15 is 0 Å². The van der Waals surface area contributed by atoms with Crippen molar-refractivity contribution in [3.8, 4) is 0 Å². The van der Waals surface area contributed by atoms with Crippen molar-refractivity contribution in [3.05, 3.63) is 0 Å². The van der Waals surface area contributed by atoms with Gasteiger partial charge in [-0.15, -0.1) is 0 Å². The van der Waals surface area contributed by atoms with E-state index in [2.05, 4.69) is 5.32 Å². The summed E-state index contributed by atoms with van der Waals surface area (Å²) in [6.45, 7) is 1.07. The number of carbonyl (C=O) groups excluding carboxylic acids is 1. The molecule has 1 aliphatic carbocycles. The van der Waals surface area contributed by atoms with Crippen molar-refractivity contribution in [1.82, 2.24) is 5.32 Å². The van der Waals surface area contributed by atoms with Crippen LogP contribution in [0.4, 0.5) is 0 Å². The lowest BCUT2D eigenvalue weighted by atomic mass is 10.00. The number of rotatable bonds is 7. The van der Waals surface area contributed by atoms with E-state index in [0.29, 0.717) is 25.4 Å². The first-order chi connectivity index (χ1) is 8.15. The summed E-state index contributed by atoms with van der Waals surface area (Å²) >= 11 is 10.5. The van der Waals surface area contributed by atoms with Crippen LogP contribution >= 0.6 is 24.4 Å². The van der Waals surface area contributed by atoms with Crippen LogP contribution in [-0.4, -0.2) is 28.7 Å². The number of amides is 1. The Kier molecular flexibility index (Phi) is 6.77. The third-order valence-electron chi connectivity index (χ3n) is 3.04. The molecule has 0 aliphatic heterocycles. The largest absolute Gasteiger partial charge is 0.355 e. The molecule has 1 rings (SSSR count). The molecule has 0 aromatic heterocycles. The van der Waals surface area contributed by atoms with Crippen LogP contribution in [0.25, 0.3) is 0 Å². The average molecular weight is 272 g/mol. The Bertz CT molecular complexity index is 305. The third kappa shape index (κ3) is 5.19. The van der Waals surface area contributed by atoms with Crippen LogP contribution in [-0.2, 0) is 4.79 Å². The Morgan fingerprint density at radius 1 is 1.41 bits per heavy atom. The van der Waals surface area contributed by atoms with Crippen molar-refractivity contribution in [2.75, 3.05) is 13.1 Å². The first kappa shape index (κ1) is 14.7. The van der Waals surface area contributed by atoms with E-state index in [4.69, 9.17) is 30.2 Å². The van der Waals surface area contributed by atoms with E-state index in [-0.39, 0.29) is 5.91 Å². The summed E-state index contributed by atoms with van der Waals surface area (Å²) in [6.07, 6.45) is 5.71. The molecule has 3 N–H and O–H groups in total. The summed E-state index contributed by atoms with van der Waals surface area (Å²) in [4.78, 5) is 13.3. The van der Waals surface area contributed by atoms with E-state index in [9.17, 15) is 4.79 Å². The molecular formula is C12H20N2OS2. The molecular weight excluding hydrogens is 252 g/mol. The summed E-state index contributed by atoms with van der Waals surface area (Å²) in [5.41, 5.74) is 5.30. The van der Waals surface area contributed by atoms with Crippen LogP contribution in [0.3, 0.4) is 0 Å². The van der Waals surface area contributed by atoms with Gasteiger partial charge < -0.3 is 11.1 Å². The maximum Gasteiger partial charge on any atom is 0.220 e. The van der Waals surface area contributed by atoms with Crippen LogP contribution < -0.4 is 11.1 Å². The van der Waals surface area contributed by atoms with E-state index in [0.717, 1.165) is 41.8 Å². The first-order valence-corrected chi connectivity index (χ1v) is 7.00. The Morgan fingerprint density at radius 3 is 2.76 bits per heavy atom. The van der Waals surface area contributed by atoms with E-state index in [1.807, 2.05) is 0 Å². The van der Waals surface area contributed by atoms with Gasteiger partial charge in [0, 0.05) is 29.2 Å². The fraction of sp³-hybridized carbons (Fsp3) is 0.750. The van der Waals surface area contributed by atoms with E-state index in [1.54, 1.807) is 0 Å². The SMILES string of the molecule is NCCNC(=O)CCCCC1CCC(=S)C1=S. The normalized spacial score (nSPS) is 19.7. The minimum Gasteiger partial charge on any atom is -0.355 e. The highest BCUT2D eigenvalue weighted by Crippen LogP contribution is 2.26. The number of hydrogen-bond acceptors (Lipinski definition) is 4. The zero-order chi connectivity index (χ0) is 12.7. The van der Waals surface area contributed by atoms with Crippen LogP contribution in [0.2, 0.25) is 0 Å². The lowest BCUT2D eigenvalue weighted by Crippen LogP contribution is -2.28. The van der Waals surface area contributed by atoms with Crippen molar-refractivity contribution in [1.29, 1.82) is 0 Å². The van der Waals surface area contributed by atoms with Crippen molar-refractivity contribution >= 4 is 40.1 Å². The second kappa shape index (κ2) is 7.84. The maximum absolute atomic E-state index is 11.3. The predicted molar refractivity (Wildman–Crippen MR) is 78.5 cm³/mol. The Balaban J connectivity index is 2.06. The maximum atomic E-state index is 11.3. The fourth-order valence-corrected chi connectivity index (χ4v) is 2.66. The van der Waals surface area contributed by atoms with Gasteiger partial charge in [0.05, 0.1) is 0 Å². The molecule has 17 heavy (non-hydrogen) atoms. The van der Waals surface area contributed by atoms with Crippen molar-refractivity contribution in [2.45, 2.75) is 38.5 Å². The summed E-state index contributed by atoms with van der Waals surface area (Å²) in [5.74, 6) is 0.588. The van der Waals surface area contributed by atoms with Gasteiger partial charge >= 0.3 is 0 Å². The second-order valence-corrected chi connectivity index (χ2v) is 5.34. The van der Waals surface area contributed by atoms with Crippen molar-refractivity contribution < 1.29 is 4.79 Å². The molecule has 0 heterocycles. The molecule has 96 valence electrons. The van der Waals surface area contributed by atoms with Gasteiger partial charge in [-0.25, -0.2) is 0 Å². The molecule has 0 aromatic carbocycles. The molecule has 0 saturated heterocycles. The lowest BCUT2D eigenvalue weighted by Gasteiger charge is -2.08. The second-order valence-electron chi connectivity index (χ2n) is 4.41. The van der Waals surface area contributed by atoms with Gasteiger partial charge in [-0.3, -0.25) is 4.79 Å². The zero-order valence-corrected chi connectivity index (χ0v) is 11.7. The summed E-state index contributed by atoms with van der Waals surface area (Å²) in [7, 11) is 0. The minimum absolute atomic E-state index is 0.0972. The smallest absolute Gasteiger partial charge is 0.220 e. The molecule has 5 heteroatoms. The first-order valence-electron chi connectivity index (χ1n) is 6.19. The van der Waals surface area contributed by atoms with Gasteiger partial charge in [-0.1, -0.05) is 30.9 Å². The molecule has 1 unspecified atom stereocenters. The van der Waals surface area contributed by atoms with Crippen LogP contribution in [0, 0.1) is 5.92 Å². The highest BCUT2D eigenvalue weighted by atomic mass is 32.1. The quantitative estimate of drug-likeness (QED) is 0.548. The number of carbonyl (C=O) groups is 1. The summed E-state index contributed by atoms with van der Waals surface area (Å²) < 4.78 is 0. The van der Waals surface area contributed by atoms with E-state index in [1.165, 1.54) is 0 Å². The number of hydrogen-bond donors (Lipinski definition) is 2. The molecule has 1 atom stereocenters. The number of thiocarbonyl (C=S) groups is 2. The van der Waals surface area contributed by atoms with Gasteiger partial charge in [0.15, 0.2) is 0 Å². The Hall–Kier alpha value is -0.390. The van der Waals surface area contributed by atoms with Gasteiger partial charge in [0.25, 0.3) is 0 Å². The summed E-state index contributed by atoms with van der Waals surface area (Å²) in [6, 6.07) is 0. The molecule has 0 aromatic rings. The lowest BCUT2D eigenvalue weighted by molar-refractivity contribution is -0.121. The van der Waals surface area contributed by atoms with Gasteiger partial charge in [0.1, 0.15) is 0 Å².